The number of hydrogen-bond acceptors (Lipinski definition) is 4. The van der Waals surface area contributed by atoms with Gasteiger partial charge in [-0.15, -0.1) is 0 Å². The van der Waals surface area contributed by atoms with Gasteiger partial charge in [0.2, 0.25) is 4.77 Å². The molecular formula is C15H9BrCl2N4OS. The van der Waals surface area contributed by atoms with Crippen LogP contribution in [0.3, 0.4) is 0 Å². The van der Waals surface area contributed by atoms with E-state index in [1.165, 1.54) is 10.9 Å². The maximum absolute atomic E-state index is 9.89. The zero-order chi connectivity index (χ0) is 17.3. The predicted molar refractivity (Wildman–Crippen MR) is 102 cm³/mol. The maximum atomic E-state index is 9.89. The van der Waals surface area contributed by atoms with Gasteiger partial charge in [-0.3, -0.25) is 0 Å². The Morgan fingerprint density at radius 2 is 2.04 bits per heavy atom. The zero-order valence-electron chi connectivity index (χ0n) is 11.9. The number of rotatable bonds is 3. The summed E-state index contributed by atoms with van der Waals surface area (Å²) in [6.45, 7) is 0. The van der Waals surface area contributed by atoms with Crippen molar-refractivity contribution in [3.63, 3.8) is 0 Å². The fourth-order valence-electron chi connectivity index (χ4n) is 1.99. The molecule has 3 rings (SSSR count). The lowest BCUT2D eigenvalue weighted by Gasteiger charge is -2.04. The van der Waals surface area contributed by atoms with Gasteiger partial charge in [-0.1, -0.05) is 39.1 Å². The first-order valence-electron chi connectivity index (χ1n) is 6.61. The first kappa shape index (κ1) is 17.2. The van der Waals surface area contributed by atoms with Crippen molar-refractivity contribution in [2.75, 3.05) is 0 Å². The molecule has 0 aliphatic carbocycles. The summed E-state index contributed by atoms with van der Waals surface area (Å²) in [5.74, 6) is 0.537. The fourth-order valence-corrected chi connectivity index (χ4v) is 3.04. The van der Waals surface area contributed by atoms with Gasteiger partial charge in [-0.2, -0.15) is 14.9 Å². The lowest BCUT2D eigenvalue weighted by atomic mass is 10.2. The van der Waals surface area contributed by atoms with Gasteiger partial charge < -0.3 is 5.11 Å². The molecule has 2 aromatic carbocycles. The Morgan fingerprint density at radius 3 is 2.79 bits per heavy atom. The van der Waals surface area contributed by atoms with Crippen LogP contribution in [0.2, 0.25) is 10.0 Å². The van der Waals surface area contributed by atoms with Crippen LogP contribution in [0.15, 0.2) is 46.0 Å². The molecule has 1 heterocycles. The van der Waals surface area contributed by atoms with Gasteiger partial charge in [0.15, 0.2) is 5.82 Å². The molecular weight excluding hydrogens is 435 g/mol. The summed E-state index contributed by atoms with van der Waals surface area (Å²) in [6, 6.07) is 10.1. The molecule has 0 spiro atoms. The van der Waals surface area contributed by atoms with E-state index in [0.29, 0.717) is 31.8 Å². The molecule has 24 heavy (non-hydrogen) atoms. The number of hydrogen-bond donors (Lipinski definition) is 2. The van der Waals surface area contributed by atoms with Crippen LogP contribution in [-0.2, 0) is 0 Å². The molecule has 0 radical (unpaired) electrons. The second kappa shape index (κ2) is 7.06. The van der Waals surface area contributed by atoms with Crippen molar-refractivity contribution in [2.24, 2.45) is 5.10 Å². The molecule has 122 valence electrons. The van der Waals surface area contributed by atoms with Crippen molar-refractivity contribution < 1.29 is 5.11 Å². The number of phenolic OH excluding ortho intramolecular Hbond substituents is 1. The van der Waals surface area contributed by atoms with Gasteiger partial charge in [-0.05, 0) is 48.6 Å². The molecule has 0 unspecified atom stereocenters. The molecule has 0 amide bonds. The number of H-pyrrole nitrogens is 1. The summed E-state index contributed by atoms with van der Waals surface area (Å²) in [5, 5.41) is 22.0. The quantitative estimate of drug-likeness (QED) is 0.428. The van der Waals surface area contributed by atoms with E-state index in [9.17, 15) is 5.11 Å². The minimum absolute atomic E-state index is 0.100. The number of aromatic hydroxyl groups is 1. The van der Waals surface area contributed by atoms with Gasteiger partial charge in [0.25, 0.3) is 0 Å². The van der Waals surface area contributed by atoms with E-state index < -0.39 is 0 Å². The zero-order valence-corrected chi connectivity index (χ0v) is 15.8. The highest BCUT2D eigenvalue weighted by Crippen LogP contribution is 2.29. The number of aromatic amines is 1. The molecule has 1 aromatic heterocycles. The van der Waals surface area contributed by atoms with Crippen molar-refractivity contribution >= 4 is 57.6 Å². The summed E-state index contributed by atoms with van der Waals surface area (Å²) in [4.78, 5) is 0. The maximum Gasteiger partial charge on any atom is 0.216 e. The third-order valence-electron chi connectivity index (χ3n) is 3.12. The van der Waals surface area contributed by atoms with Crippen molar-refractivity contribution in [3.05, 3.63) is 61.3 Å². The van der Waals surface area contributed by atoms with E-state index in [1.54, 1.807) is 36.4 Å². The smallest absolute Gasteiger partial charge is 0.216 e. The SMILES string of the molecule is Oc1ccc(Br)cc1C=Nn1c(-c2ccc(Cl)cc2Cl)n[nH]c1=S. The second-order valence-electron chi connectivity index (χ2n) is 4.74. The van der Waals surface area contributed by atoms with E-state index in [1.807, 2.05) is 0 Å². The Hall–Kier alpha value is -1.67. The summed E-state index contributed by atoms with van der Waals surface area (Å²) >= 11 is 20.7. The van der Waals surface area contributed by atoms with E-state index in [0.717, 1.165) is 4.47 Å². The molecule has 0 saturated heterocycles. The van der Waals surface area contributed by atoms with Gasteiger partial charge in [0.05, 0.1) is 11.2 Å². The summed E-state index contributed by atoms with van der Waals surface area (Å²) < 4.78 is 2.53. The number of nitrogens with zero attached hydrogens (tertiary/aromatic N) is 3. The first-order chi connectivity index (χ1) is 11.5. The first-order valence-corrected chi connectivity index (χ1v) is 8.57. The molecule has 0 fully saturated rings. The number of halogens is 3. The molecule has 0 aliphatic rings. The Morgan fingerprint density at radius 1 is 1.25 bits per heavy atom. The van der Waals surface area contributed by atoms with Crippen LogP contribution in [0.1, 0.15) is 5.56 Å². The monoisotopic (exact) mass is 442 g/mol. The Labute approximate surface area is 160 Å². The van der Waals surface area contributed by atoms with Crippen LogP contribution in [0.5, 0.6) is 5.75 Å². The van der Waals surface area contributed by atoms with E-state index in [2.05, 4.69) is 31.2 Å². The van der Waals surface area contributed by atoms with Gasteiger partial charge in [-0.25, -0.2) is 5.10 Å². The minimum atomic E-state index is 0.100. The molecule has 0 aliphatic heterocycles. The van der Waals surface area contributed by atoms with Crippen LogP contribution < -0.4 is 0 Å². The van der Waals surface area contributed by atoms with Gasteiger partial charge in [0, 0.05) is 20.6 Å². The number of phenols is 1. The average Bonchev–Trinajstić information content (AvgIpc) is 2.89. The second-order valence-corrected chi connectivity index (χ2v) is 6.88. The van der Waals surface area contributed by atoms with Crippen molar-refractivity contribution in [3.8, 4) is 17.1 Å². The van der Waals surface area contributed by atoms with Crippen LogP contribution in [-0.4, -0.2) is 26.2 Å². The summed E-state index contributed by atoms with van der Waals surface area (Å²) in [6.07, 6.45) is 1.48. The van der Waals surface area contributed by atoms with Crippen LogP contribution in [0.25, 0.3) is 11.4 Å². The van der Waals surface area contributed by atoms with E-state index >= 15 is 0 Å². The minimum Gasteiger partial charge on any atom is -0.507 e. The lowest BCUT2D eigenvalue weighted by molar-refractivity contribution is 0.474. The summed E-state index contributed by atoms with van der Waals surface area (Å²) in [7, 11) is 0. The molecule has 9 heteroatoms. The highest BCUT2D eigenvalue weighted by atomic mass is 79.9. The lowest BCUT2D eigenvalue weighted by Crippen LogP contribution is -1.96. The van der Waals surface area contributed by atoms with Crippen LogP contribution in [0, 0.1) is 4.77 Å². The number of nitrogens with one attached hydrogen (secondary N) is 1. The third-order valence-corrected chi connectivity index (χ3v) is 4.43. The highest BCUT2D eigenvalue weighted by Gasteiger charge is 2.12. The normalized spacial score (nSPS) is 11.3. The van der Waals surface area contributed by atoms with Crippen molar-refractivity contribution in [1.82, 2.24) is 14.9 Å². The Kier molecular flexibility index (Phi) is 5.05. The van der Waals surface area contributed by atoms with Crippen molar-refractivity contribution in [1.29, 1.82) is 0 Å². The van der Waals surface area contributed by atoms with Crippen LogP contribution in [0.4, 0.5) is 0 Å². The molecule has 0 atom stereocenters. The Bertz CT molecular complexity index is 999. The standard InChI is InChI=1S/C15H9BrCl2N4OS/c16-9-1-4-13(23)8(5-9)7-19-22-14(20-21-15(22)24)11-3-2-10(17)6-12(11)18/h1-7,23H,(H,21,24). The van der Waals surface area contributed by atoms with Gasteiger partial charge >= 0.3 is 0 Å². The largest absolute Gasteiger partial charge is 0.507 e. The number of aromatic nitrogens is 3. The van der Waals surface area contributed by atoms with E-state index in [4.69, 9.17) is 35.4 Å². The molecule has 3 aromatic rings. The van der Waals surface area contributed by atoms with Crippen LogP contribution >= 0.6 is 51.3 Å². The molecule has 2 N–H and O–H groups in total. The van der Waals surface area contributed by atoms with E-state index in [-0.39, 0.29) is 5.75 Å². The third kappa shape index (κ3) is 3.54. The predicted octanol–water partition coefficient (Wildman–Crippen LogP) is 5.26. The fraction of sp³-hybridized carbons (Fsp3) is 0. The average molecular weight is 444 g/mol. The molecule has 0 saturated carbocycles. The Balaban J connectivity index is 2.06. The molecule has 5 nitrogen and oxygen atoms in total. The highest BCUT2D eigenvalue weighted by molar-refractivity contribution is 9.10. The molecule has 0 bridgehead atoms. The van der Waals surface area contributed by atoms with Crippen molar-refractivity contribution in [2.45, 2.75) is 0 Å². The summed E-state index contributed by atoms with van der Waals surface area (Å²) in [5.41, 5.74) is 1.16. The topological polar surface area (TPSA) is 66.2 Å². The number of benzene rings is 2. The van der Waals surface area contributed by atoms with Gasteiger partial charge in [0.1, 0.15) is 5.75 Å².